The summed E-state index contributed by atoms with van der Waals surface area (Å²) in [6.45, 7) is 3.94. The summed E-state index contributed by atoms with van der Waals surface area (Å²) in [5.74, 6) is -1.11. The molecule has 0 fully saturated rings. The molecule has 0 heterocycles. The summed E-state index contributed by atoms with van der Waals surface area (Å²) >= 11 is 0. The Morgan fingerprint density at radius 2 is 1.35 bits per heavy atom. The van der Waals surface area contributed by atoms with Gasteiger partial charge in [-0.2, -0.15) is 0 Å². The minimum atomic E-state index is -0.893. The first-order chi connectivity index (χ1) is 10.7. The minimum Gasteiger partial charge on any atom is -0.550 e. The Morgan fingerprint density at radius 3 is 1.52 bits per heavy atom. The van der Waals surface area contributed by atoms with Crippen molar-refractivity contribution in [1.29, 1.82) is 0 Å². The van der Waals surface area contributed by atoms with Crippen LogP contribution in [-0.4, -0.2) is 30.4 Å². The molecule has 3 heteroatoms. The maximum atomic E-state index is 10.3. The van der Waals surface area contributed by atoms with E-state index in [0.29, 0.717) is 6.42 Å². The fraction of sp³-hybridized carbons (Fsp3) is 0.350. The summed E-state index contributed by atoms with van der Waals surface area (Å²) in [6, 6.07) is 25.0. The molecule has 0 aliphatic rings. The summed E-state index contributed by atoms with van der Waals surface area (Å²) in [7, 11) is 0. The number of hydrogen-bond donors (Lipinski definition) is 0. The van der Waals surface area contributed by atoms with Crippen LogP contribution in [0.15, 0.2) is 60.7 Å². The molecule has 0 spiro atoms. The van der Waals surface area contributed by atoms with Crippen molar-refractivity contribution >= 4 is 30.4 Å². The van der Waals surface area contributed by atoms with E-state index in [2.05, 4.69) is 19.1 Å². The number of carboxylic acids is 1. The molecule has 0 N–H and O–H groups in total. The first-order valence-electron chi connectivity index (χ1n) is 7.75. The predicted octanol–water partition coefficient (Wildman–Crippen LogP) is 3.55. The van der Waals surface area contributed by atoms with Crippen molar-refractivity contribution < 1.29 is 9.90 Å². The Balaban J connectivity index is 0. The van der Waals surface area contributed by atoms with Crippen molar-refractivity contribution in [3.63, 3.8) is 0 Å². The molecule has 2 aromatic rings. The Labute approximate surface area is 158 Å². The van der Waals surface area contributed by atoms with Crippen LogP contribution in [-0.2, 0) is 4.79 Å². The number of aliphatic carboxylic acids is 1. The second-order valence-electron chi connectivity index (χ2n) is 4.72. The summed E-state index contributed by atoms with van der Waals surface area (Å²) in [6.07, 6.45) is 3.52. The van der Waals surface area contributed by atoms with Crippen molar-refractivity contribution in [2.24, 2.45) is 5.92 Å². The first kappa shape index (κ1) is 24.0. The fourth-order valence-corrected chi connectivity index (χ4v) is 1.62. The van der Waals surface area contributed by atoms with E-state index in [1.54, 1.807) is 0 Å². The van der Waals surface area contributed by atoms with Crippen LogP contribution in [0.4, 0.5) is 0 Å². The van der Waals surface area contributed by atoms with Gasteiger partial charge in [0, 0.05) is 30.4 Å². The number of carbonyl (C=O) groups excluding carboxylic acids is 1. The summed E-state index contributed by atoms with van der Waals surface area (Å²) in [5, 5.41) is 10.3. The molecule has 0 saturated carbocycles. The Hall–Kier alpha value is -1.27. The minimum absolute atomic E-state index is 0. The van der Waals surface area contributed by atoms with E-state index in [4.69, 9.17) is 0 Å². The molecular formula is C20H25O2Sb-. The maximum Gasteiger partial charge on any atom is 0.0445 e. The van der Waals surface area contributed by atoms with Gasteiger partial charge in [-0.25, -0.2) is 0 Å². The van der Waals surface area contributed by atoms with Gasteiger partial charge in [0.15, 0.2) is 0 Å². The number of hydrogen-bond acceptors (Lipinski definition) is 2. The molecule has 2 nitrogen and oxygen atoms in total. The molecule has 1 unspecified atom stereocenters. The van der Waals surface area contributed by atoms with Crippen molar-refractivity contribution in [2.75, 3.05) is 0 Å². The molecule has 0 amide bonds. The van der Waals surface area contributed by atoms with Crippen LogP contribution in [0.5, 0.6) is 0 Å². The van der Waals surface area contributed by atoms with Gasteiger partial charge < -0.3 is 9.90 Å². The van der Waals surface area contributed by atoms with Gasteiger partial charge in [-0.05, 0) is 30.9 Å². The normalized spacial score (nSPS) is 9.83. The topological polar surface area (TPSA) is 40.1 Å². The molecular weight excluding hydrogens is 394 g/mol. The van der Waals surface area contributed by atoms with E-state index in [1.807, 2.05) is 67.6 Å². The zero-order chi connectivity index (χ0) is 16.5. The molecule has 0 aliphatic heterocycles. The van der Waals surface area contributed by atoms with Crippen LogP contribution in [0.3, 0.4) is 0 Å². The number of benzene rings is 2. The van der Waals surface area contributed by atoms with Gasteiger partial charge in [0.05, 0.1) is 0 Å². The second kappa shape index (κ2) is 18.8. The quantitative estimate of drug-likeness (QED) is 0.696. The summed E-state index contributed by atoms with van der Waals surface area (Å²) < 4.78 is 0. The molecule has 2 aromatic carbocycles. The average molecular weight is 419 g/mol. The number of rotatable bonds is 5. The molecule has 0 saturated heterocycles. The van der Waals surface area contributed by atoms with Crippen LogP contribution in [0, 0.1) is 18.1 Å². The molecule has 5 radical (unpaired) electrons. The third kappa shape index (κ3) is 16.9. The van der Waals surface area contributed by atoms with Gasteiger partial charge in [0.25, 0.3) is 0 Å². The summed E-state index contributed by atoms with van der Waals surface area (Å²) in [5.41, 5.74) is 0. The van der Waals surface area contributed by atoms with Crippen LogP contribution in [0.1, 0.15) is 39.5 Å². The molecule has 0 bridgehead atoms. The van der Waals surface area contributed by atoms with E-state index in [-0.39, 0.29) is 30.3 Å². The van der Waals surface area contributed by atoms with Crippen molar-refractivity contribution in [3.8, 4) is 0 Å². The molecule has 2 rings (SSSR count). The third-order valence-electron chi connectivity index (χ3n) is 2.95. The van der Waals surface area contributed by atoms with Crippen molar-refractivity contribution in [3.05, 3.63) is 72.8 Å². The van der Waals surface area contributed by atoms with E-state index < -0.39 is 5.97 Å². The monoisotopic (exact) mass is 418 g/mol. The predicted molar refractivity (Wildman–Crippen MR) is 94.6 cm³/mol. The standard InChI is InChI=1S/C8H16O2.2C6H5.Sb/c1-3-5-6-7(4-2)8(9)10;2*1-2-4-6-5-3-1;/h7H,3-6H2,1-2H3,(H,9,10);2*1-5H;/p-1. The van der Waals surface area contributed by atoms with E-state index in [9.17, 15) is 9.90 Å². The van der Waals surface area contributed by atoms with Gasteiger partial charge >= 0.3 is 0 Å². The molecule has 0 aliphatic carbocycles. The van der Waals surface area contributed by atoms with Crippen LogP contribution in [0.2, 0.25) is 0 Å². The van der Waals surface area contributed by atoms with Crippen LogP contribution in [0.25, 0.3) is 0 Å². The fourth-order valence-electron chi connectivity index (χ4n) is 1.62. The second-order valence-corrected chi connectivity index (χ2v) is 4.72. The van der Waals surface area contributed by atoms with Gasteiger partial charge in [0.1, 0.15) is 0 Å². The molecule has 1 atom stereocenters. The van der Waals surface area contributed by atoms with E-state index in [0.717, 1.165) is 19.3 Å². The molecule has 123 valence electrons. The Kier molecular flexibility index (Phi) is 19.6. The van der Waals surface area contributed by atoms with Crippen LogP contribution < -0.4 is 5.11 Å². The SMILES string of the molecule is CCCCC(CC)C(=O)[O-].[Sb].[c]1ccccc1.[c]1ccccc1. The largest absolute Gasteiger partial charge is 0.550 e. The number of unbranched alkanes of at least 4 members (excludes halogenated alkanes) is 1. The van der Waals surface area contributed by atoms with Gasteiger partial charge in [-0.1, -0.05) is 87.4 Å². The Bertz CT molecular complexity index is 361. The average Bonchev–Trinajstić information content (AvgIpc) is 2.59. The van der Waals surface area contributed by atoms with E-state index in [1.165, 1.54) is 0 Å². The van der Waals surface area contributed by atoms with Gasteiger partial charge in [0.2, 0.25) is 0 Å². The smallest absolute Gasteiger partial charge is 0.0445 e. The summed E-state index contributed by atoms with van der Waals surface area (Å²) in [4.78, 5) is 10.3. The van der Waals surface area contributed by atoms with Crippen molar-refractivity contribution in [1.82, 2.24) is 0 Å². The molecule has 23 heavy (non-hydrogen) atoms. The first-order valence-corrected chi connectivity index (χ1v) is 7.75. The maximum absolute atomic E-state index is 10.3. The van der Waals surface area contributed by atoms with E-state index >= 15 is 0 Å². The number of carboxylic acid groups (broad SMARTS) is 1. The zero-order valence-electron chi connectivity index (χ0n) is 13.9. The Morgan fingerprint density at radius 1 is 0.913 bits per heavy atom. The van der Waals surface area contributed by atoms with Gasteiger partial charge in [-0.15, -0.1) is 0 Å². The zero-order valence-corrected chi connectivity index (χ0v) is 16.5. The van der Waals surface area contributed by atoms with Crippen molar-refractivity contribution in [2.45, 2.75) is 39.5 Å². The number of carbonyl (C=O) groups is 1. The van der Waals surface area contributed by atoms with Gasteiger partial charge in [-0.3, -0.25) is 0 Å². The molecule has 0 aromatic heterocycles. The van der Waals surface area contributed by atoms with Crippen LogP contribution >= 0.6 is 0 Å². The third-order valence-corrected chi connectivity index (χ3v) is 2.95.